The van der Waals surface area contributed by atoms with Crippen LogP contribution in [0.3, 0.4) is 0 Å². The lowest BCUT2D eigenvalue weighted by Crippen LogP contribution is -2.39. The molecule has 0 spiro atoms. The van der Waals surface area contributed by atoms with E-state index in [4.69, 9.17) is 9.47 Å². The molecule has 2 aromatic carbocycles. The van der Waals surface area contributed by atoms with E-state index in [1.807, 2.05) is 57.2 Å². The maximum absolute atomic E-state index is 13.8. The minimum absolute atomic E-state index is 0.127. The average molecular weight is 613 g/mol. The Morgan fingerprint density at radius 1 is 0.933 bits per heavy atom. The molecule has 1 fully saturated rings. The van der Waals surface area contributed by atoms with Gasteiger partial charge < -0.3 is 19.3 Å². The summed E-state index contributed by atoms with van der Waals surface area (Å²) in [4.78, 5) is 42.2. The summed E-state index contributed by atoms with van der Waals surface area (Å²) < 4.78 is 12.0. The minimum Gasteiger partial charge on any atom is -0.497 e. The van der Waals surface area contributed by atoms with Crippen molar-refractivity contribution in [1.82, 2.24) is 9.78 Å². The van der Waals surface area contributed by atoms with Crippen molar-refractivity contribution >= 4 is 29.2 Å². The van der Waals surface area contributed by atoms with Crippen molar-refractivity contribution in [3.63, 3.8) is 0 Å². The van der Waals surface area contributed by atoms with Gasteiger partial charge in [-0.05, 0) is 95.5 Å². The van der Waals surface area contributed by atoms with Crippen LogP contribution in [0.5, 0.6) is 5.75 Å². The summed E-state index contributed by atoms with van der Waals surface area (Å²) in [6.45, 7) is 15.9. The van der Waals surface area contributed by atoms with Crippen molar-refractivity contribution in [1.29, 1.82) is 0 Å². The largest absolute Gasteiger partial charge is 0.497 e. The van der Waals surface area contributed by atoms with Gasteiger partial charge in [0.25, 0.3) is 5.91 Å². The van der Waals surface area contributed by atoms with Crippen molar-refractivity contribution in [3.8, 4) is 11.4 Å². The lowest BCUT2D eigenvalue weighted by molar-refractivity contribution is -0.119. The summed E-state index contributed by atoms with van der Waals surface area (Å²) in [7, 11) is 1.58. The van der Waals surface area contributed by atoms with E-state index in [0.29, 0.717) is 48.6 Å². The number of amides is 2. The van der Waals surface area contributed by atoms with Gasteiger partial charge in [-0.2, -0.15) is 5.10 Å². The molecule has 2 aliphatic heterocycles. The van der Waals surface area contributed by atoms with Crippen molar-refractivity contribution < 1.29 is 23.9 Å². The Kier molecular flexibility index (Phi) is 12.9. The molecule has 2 amide bonds. The van der Waals surface area contributed by atoms with E-state index in [0.717, 1.165) is 29.8 Å². The number of piperidine rings is 1. The summed E-state index contributed by atoms with van der Waals surface area (Å²) in [5.74, 6) is 0.00271. The van der Waals surface area contributed by atoms with Gasteiger partial charge in [-0.25, -0.2) is 9.48 Å². The van der Waals surface area contributed by atoms with E-state index >= 15 is 0 Å². The topological polar surface area (TPSA) is 94.0 Å². The molecule has 0 N–H and O–H groups in total. The fourth-order valence-electron chi connectivity index (χ4n) is 5.06. The fraction of sp³-hybridized carbons (Fsp3) is 0.333. The Bertz CT molecular complexity index is 1520. The summed E-state index contributed by atoms with van der Waals surface area (Å²) in [5, 5.41) is 4.51. The van der Waals surface area contributed by atoms with Gasteiger partial charge in [0.2, 0.25) is 5.91 Å². The van der Waals surface area contributed by atoms with Gasteiger partial charge >= 0.3 is 5.97 Å². The second-order valence-corrected chi connectivity index (χ2v) is 10.5. The first kappa shape index (κ1) is 34.6. The third-order valence-corrected chi connectivity index (χ3v) is 7.05. The van der Waals surface area contributed by atoms with Crippen LogP contribution >= 0.6 is 0 Å². The normalized spacial score (nSPS) is 14.1. The molecule has 238 valence electrons. The molecule has 0 atom stereocenters. The first-order valence-corrected chi connectivity index (χ1v) is 15.2. The molecule has 0 radical (unpaired) electrons. The number of hydrogen-bond acceptors (Lipinski definition) is 6. The number of hydrogen-bond donors (Lipinski definition) is 0. The highest BCUT2D eigenvalue weighted by molar-refractivity contribution is 6.09. The zero-order valence-corrected chi connectivity index (χ0v) is 27.0. The number of nitrogens with zero attached hydrogens (tertiary/aromatic N) is 4. The minimum atomic E-state index is -0.544. The summed E-state index contributed by atoms with van der Waals surface area (Å²) in [5.41, 5.74) is 4.38. The van der Waals surface area contributed by atoms with Gasteiger partial charge in [-0.1, -0.05) is 30.4 Å². The van der Waals surface area contributed by atoms with Crippen molar-refractivity contribution in [3.05, 3.63) is 102 Å². The van der Waals surface area contributed by atoms with Crippen LogP contribution in [0.15, 0.2) is 85.5 Å². The third-order valence-electron chi connectivity index (χ3n) is 7.05. The number of rotatable bonds is 7. The third kappa shape index (κ3) is 8.59. The number of benzene rings is 2. The van der Waals surface area contributed by atoms with Crippen LogP contribution in [-0.4, -0.2) is 54.4 Å². The quantitative estimate of drug-likeness (QED) is 0.160. The first-order chi connectivity index (χ1) is 21.7. The van der Waals surface area contributed by atoms with Gasteiger partial charge in [-0.3, -0.25) is 9.59 Å². The van der Waals surface area contributed by atoms with E-state index in [-0.39, 0.29) is 24.1 Å². The number of anilines is 2. The standard InChI is InChI=1S/C27H28N4O5.C6H10.C3H6/c1-3-36-27(34)24-22-15-17-30(19-9-7-18(8-10-19)29-16-5-4-6-23(29)32)26(33)25(22)31(28-24)20-11-13-21(35-2)14-12-20;1-4-5-6(2)3;1-3-2/h7-14H,3-6,15-17H2,1-2H3;4-5H,2H2,1,3H3;3H,1H2,2H3/b;5-4-;. The highest BCUT2D eigenvalue weighted by Gasteiger charge is 2.35. The van der Waals surface area contributed by atoms with Gasteiger partial charge in [0.05, 0.1) is 19.4 Å². The summed E-state index contributed by atoms with van der Waals surface area (Å²) in [6.07, 6.45) is 8.63. The van der Waals surface area contributed by atoms with E-state index in [2.05, 4.69) is 18.3 Å². The monoisotopic (exact) mass is 612 g/mol. The lowest BCUT2D eigenvalue weighted by atomic mass is 10.0. The van der Waals surface area contributed by atoms with Crippen LogP contribution in [0.1, 0.15) is 73.5 Å². The van der Waals surface area contributed by atoms with E-state index in [1.165, 1.54) is 4.68 Å². The van der Waals surface area contributed by atoms with E-state index in [1.54, 1.807) is 54.2 Å². The molecule has 0 saturated carbocycles. The van der Waals surface area contributed by atoms with Crippen LogP contribution < -0.4 is 14.5 Å². The molecule has 0 bridgehead atoms. The van der Waals surface area contributed by atoms with Gasteiger partial charge in [0, 0.05) is 36.4 Å². The lowest BCUT2D eigenvalue weighted by Gasteiger charge is -2.29. The zero-order valence-electron chi connectivity index (χ0n) is 27.0. The molecule has 1 saturated heterocycles. The molecular weight excluding hydrogens is 568 g/mol. The number of esters is 1. The second kappa shape index (κ2) is 16.8. The molecule has 1 aromatic heterocycles. The zero-order chi connectivity index (χ0) is 32.9. The van der Waals surface area contributed by atoms with Crippen LogP contribution in [0, 0.1) is 0 Å². The first-order valence-electron chi connectivity index (χ1n) is 15.2. The van der Waals surface area contributed by atoms with Gasteiger partial charge in [-0.15, -0.1) is 6.58 Å². The molecule has 9 nitrogen and oxygen atoms in total. The van der Waals surface area contributed by atoms with Crippen LogP contribution in [0.4, 0.5) is 11.4 Å². The van der Waals surface area contributed by atoms with Gasteiger partial charge in [0.1, 0.15) is 11.4 Å². The Morgan fingerprint density at radius 2 is 1.53 bits per heavy atom. The predicted molar refractivity (Wildman–Crippen MR) is 180 cm³/mol. The molecular formula is C36H44N4O5. The van der Waals surface area contributed by atoms with Crippen molar-refractivity contribution in [2.24, 2.45) is 0 Å². The van der Waals surface area contributed by atoms with E-state index < -0.39 is 5.97 Å². The maximum Gasteiger partial charge on any atom is 0.359 e. The SMILES string of the molecule is C=C(C)/C=C\C.C=CC.CCOC(=O)c1nn(-c2ccc(OC)cc2)c2c1CCN(c1ccc(N3CCCCC3=O)cc1)C2=O. The van der Waals surface area contributed by atoms with Crippen molar-refractivity contribution in [2.45, 2.75) is 53.4 Å². The summed E-state index contributed by atoms with van der Waals surface area (Å²) >= 11 is 0. The predicted octanol–water partition coefficient (Wildman–Crippen LogP) is 7.11. The number of ether oxygens (including phenoxy) is 2. The molecule has 3 heterocycles. The number of methoxy groups -OCH3 is 1. The van der Waals surface area contributed by atoms with E-state index in [9.17, 15) is 14.4 Å². The molecule has 9 heteroatoms. The van der Waals surface area contributed by atoms with Crippen molar-refractivity contribution in [2.75, 3.05) is 36.6 Å². The highest BCUT2D eigenvalue weighted by atomic mass is 16.5. The number of carbonyl (C=O) groups is 3. The van der Waals surface area contributed by atoms with Crippen LogP contribution in [0.2, 0.25) is 0 Å². The Labute approximate surface area is 266 Å². The Balaban J connectivity index is 0.000000543. The molecule has 2 aliphatic rings. The van der Waals surface area contributed by atoms with Crippen LogP contribution in [0.25, 0.3) is 5.69 Å². The number of aromatic nitrogens is 2. The second-order valence-electron chi connectivity index (χ2n) is 10.5. The van der Waals surface area contributed by atoms with Gasteiger partial charge in [0.15, 0.2) is 5.69 Å². The Hall–Kier alpha value is -4.92. The number of carbonyl (C=O) groups excluding carboxylic acids is 3. The smallest absolute Gasteiger partial charge is 0.359 e. The maximum atomic E-state index is 13.8. The highest BCUT2D eigenvalue weighted by Crippen LogP contribution is 2.31. The van der Waals surface area contributed by atoms with Crippen LogP contribution in [-0.2, 0) is 16.0 Å². The molecule has 3 aromatic rings. The molecule has 0 unspecified atom stereocenters. The number of allylic oxidation sites excluding steroid dienone is 4. The fourth-order valence-corrected chi connectivity index (χ4v) is 5.06. The molecule has 5 rings (SSSR count). The summed E-state index contributed by atoms with van der Waals surface area (Å²) in [6, 6.07) is 14.6. The Morgan fingerprint density at radius 3 is 2.04 bits per heavy atom. The average Bonchev–Trinajstić information content (AvgIpc) is 3.43. The molecule has 0 aliphatic carbocycles. The number of fused-ring (bicyclic) bond motifs is 1. The molecule has 45 heavy (non-hydrogen) atoms.